The van der Waals surface area contributed by atoms with Gasteiger partial charge in [0.05, 0.1) is 16.4 Å². The Kier molecular flexibility index (Phi) is 3.93. The molecule has 114 valence electrons. The van der Waals surface area contributed by atoms with E-state index in [4.69, 9.17) is 9.97 Å². The molecule has 1 aliphatic carbocycles. The second-order valence-electron chi connectivity index (χ2n) is 6.90. The fraction of sp³-hybridized carbons (Fsp3) is 0.625. The van der Waals surface area contributed by atoms with Crippen molar-refractivity contribution in [3.63, 3.8) is 0 Å². The maximum atomic E-state index is 4.90. The molecule has 1 fully saturated rings. The standard InChI is InChI=1S/C16H23N3S2/c1-9-10(2)21-14(17-9)13(18-11-6-7-11)12-8-20-15(19-12)16(3,4)5/h8,11,13,18H,6-7H2,1-5H3. The SMILES string of the molecule is Cc1nc(C(NC2CC2)c2csc(C(C)(C)C)n2)sc1C. The quantitative estimate of drug-likeness (QED) is 0.909. The number of nitrogens with one attached hydrogen (secondary N) is 1. The van der Waals surface area contributed by atoms with Gasteiger partial charge in [0.1, 0.15) is 11.0 Å². The summed E-state index contributed by atoms with van der Waals surface area (Å²) in [5.41, 5.74) is 2.39. The average Bonchev–Trinajstić information content (AvgIpc) is 2.95. The first-order valence-electron chi connectivity index (χ1n) is 7.50. The summed E-state index contributed by atoms with van der Waals surface area (Å²) < 4.78 is 0. The van der Waals surface area contributed by atoms with Crippen molar-refractivity contribution in [2.75, 3.05) is 0 Å². The van der Waals surface area contributed by atoms with Crippen LogP contribution in [-0.2, 0) is 5.41 Å². The fourth-order valence-corrected chi connectivity index (χ4v) is 4.08. The van der Waals surface area contributed by atoms with Gasteiger partial charge in [-0.05, 0) is 26.7 Å². The molecular weight excluding hydrogens is 298 g/mol. The minimum Gasteiger partial charge on any atom is -0.300 e. The molecule has 1 atom stereocenters. The van der Waals surface area contributed by atoms with Crippen molar-refractivity contribution in [3.8, 4) is 0 Å². The summed E-state index contributed by atoms with van der Waals surface area (Å²) in [6.07, 6.45) is 2.55. The van der Waals surface area contributed by atoms with Gasteiger partial charge < -0.3 is 5.32 Å². The predicted molar refractivity (Wildman–Crippen MR) is 90.4 cm³/mol. The monoisotopic (exact) mass is 321 g/mol. The molecule has 2 heterocycles. The molecule has 1 N–H and O–H groups in total. The molecule has 5 heteroatoms. The second-order valence-corrected chi connectivity index (χ2v) is 8.99. The molecule has 21 heavy (non-hydrogen) atoms. The molecular formula is C16H23N3S2. The molecule has 1 saturated carbocycles. The number of hydrogen-bond donors (Lipinski definition) is 1. The summed E-state index contributed by atoms with van der Waals surface area (Å²) in [6.45, 7) is 10.9. The van der Waals surface area contributed by atoms with E-state index >= 15 is 0 Å². The van der Waals surface area contributed by atoms with Crippen LogP contribution in [0, 0.1) is 13.8 Å². The number of thiazole rings is 2. The summed E-state index contributed by atoms with van der Waals surface area (Å²) in [5, 5.41) is 8.28. The molecule has 2 aromatic rings. The fourth-order valence-electron chi connectivity index (χ4n) is 2.15. The lowest BCUT2D eigenvalue weighted by molar-refractivity contribution is 0.560. The molecule has 1 unspecified atom stereocenters. The molecule has 0 spiro atoms. The zero-order valence-corrected chi connectivity index (χ0v) is 15.0. The van der Waals surface area contributed by atoms with Gasteiger partial charge >= 0.3 is 0 Å². The van der Waals surface area contributed by atoms with Crippen molar-refractivity contribution < 1.29 is 0 Å². The molecule has 3 nitrogen and oxygen atoms in total. The number of hydrogen-bond acceptors (Lipinski definition) is 5. The Morgan fingerprint density at radius 3 is 2.43 bits per heavy atom. The predicted octanol–water partition coefficient (Wildman–Crippen LogP) is 4.36. The maximum absolute atomic E-state index is 4.90. The minimum atomic E-state index is 0.113. The summed E-state index contributed by atoms with van der Waals surface area (Å²) in [4.78, 5) is 11.0. The number of aryl methyl sites for hydroxylation is 2. The summed E-state index contributed by atoms with van der Waals surface area (Å²) in [6, 6.07) is 0.793. The number of aromatic nitrogens is 2. The summed E-state index contributed by atoms with van der Waals surface area (Å²) in [7, 11) is 0. The normalized spacial score (nSPS) is 17.2. The van der Waals surface area contributed by atoms with Crippen molar-refractivity contribution in [2.24, 2.45) is 0 Å². The van der Waals surface area contributed by atoms with Crippen molar-refractivity contribution in [1.82, 2.24) is 15.3 Å². The van der Waals surface area contributed by atoms with Gasteiger partial charge in [0, 0.05) is 21.7 Å². The van der Waals surface area contributed by atoms with E-state index in [1.54, 1.807) is 22.7 Å². The first kappa shape index (κ1) is 15.1. The highest BCUT2D eigenvalue weighted by atomic mass is 32.1. The highest BCUT2D eigenvalue weighted by Gasteiger charge is 2.30. The zero-order chi connectivity index (χ0) is 15.2. The van der Waals surface area contributed by atoms with E-state index in [0.29, 0.717) is 6.04 Å². The van der Waals surface area contributed by atoms with Gasteiger partial charge in [-0.1, -0.05) is 20.8 Å². The van der Waals surface area contributed by atoms with Gasteiger partial charge in [-0.2, -0.15) is 0 Å². The van der Waals surface area contributed by atoms with Crippen LogP contribution in [0.2, 0.25) is 0 Å². The van der Waals surface area contributed by atoms with Crippen molar-refractivity contribution in [3.05, 3.63) is 31.7 Å². The van der Waals surface area contributed by atoms with E-state index in [1.807, 2.05) is 0 Å². The van der Waals surface area contributed by atoms with E-state index in [1.165, 1.54) is 22.7 Å². The van der Waals surface area contributed by atoms with E-state index in [-0.39, 0.29) is 11.5 Å². The van der Waals surface area contributed by atoms with Crippen LogP contribution in [0.15, 0.2) is 5.38 Å². The Morgan fingerprint density at radius 2 is 1.95 bits per heavy atom. The third-order valence-corrected chi connectivity index (χ3v) is 6.16. The van der Waals surface area contributed by atoms with Crippen LogP contribution >= 0.6 is 22.7 Å². The van der Waals surface area contributed by atoms with Gasteiger partial charge in [0.2, 0.25) is 0 Å². The topological polar surface area (TPSA) is 37.8 Å². The first-order valence-corrected chi connectivity index (χ1v) is 9.20. The largest absolute Gasteiger partial charge is 0.300 e. The lowest BCUT2D eigenvalue weighted by Gasteiger charge is -2.16. The van der Waals surface area contributed by atoms with Crippen LogP contribution in [0.25, 0.3) is 0 Å². The van der Waals surface area contributed by atoms with Crippen molar-refractivity contribution in [1.29, 1.82) is 0 Å². The van der Waals surface area contributed by atoms with E-state index in [2.05, 4.69) is 45.3 Å². The molecule has 0 amide bonds. The molecule has 0 aliphatic heterocycles. The third kappa shape index (κ3) is 3.35. The van der Waals surface area contributed by atoms with Crippen LogP contribution in [0.1, 0.15) is 65.9 Å². The Balaban J connectivity index is 1.93. The molecule has 0 aromatic carbocycles. The Bertz CT molecular complexity index is 613. The molecule has 1 aliphatic rings. The highest BCUT2D eigenvalue weighted by molar-refractivity contribution is 7.12. The molecule has 2 aromatic heterocycles. The smallest absolute Gasteiger partial charge is 0.116 e. The Hall–Kier alpha value is -0.780. The summed E-state index contributed by atoms with van der Waals surface area (Å²) in [5.74, 6) is 0. The van der Waals surface area contributed by atoms with Crippen molar-refractivity contribution in [2.45, 2.75) is 65.0 Å². The molecule has 3 rings (SSSR count). The van der Waals surface area contributed by atoms with Gasteiger partial charge in [0.25, 0.3) is 0 Å². The van der Waals surface area contributed by atoms with Gasteiger partial charge in [-0.25, -0.2) is 9.97 Å². The van der Waals surface area contributed by atoms with Gasteiger partial charge in [-0.3, -0.25) is 0 Å². The molecule has 0 saturated heterocycles. The number of rotatable bonds is 4. The lowest BCUT2D eigenvalue weighted by atomic mass is 9.98. The Morgan fingerprint density at radius 1 is 1.24 bits per heavy atom. The van der Waals surface area contributed by atoms with E-state index in [9.17, 15) is 0 Å². The highest BCUT2D eigenvalue weighted by Crippen LogP contribution is 2.34. The average molecular weight is 322 g/mol. The molecule has 0 bridgehead atoms. The zero-order valence-electron chi connectivity index (χ0n) is 13.4. The summed E-state index contributed by atoms with van der Waals surface area (Å²) >= 11 is 3.56. The first-order chi connectivity index (χ1) is 9.84. The van der Waals surface area contributed by atoms with Crippen molar-refractivity contribution >= 4 is 22.7 Å². The lowest BCUT2D eigenvalue weighted by Crippen LogP contribution is -2.25. The van der Waals surface area contributed by atoms with E-state index < -0.39 is 0 Å². The minimum absolute atomic E-state index is 0.113. The number of nitrogens with zero attached hydrogens (tertiary/aromatic N) is 2. The second kappa shape index (κ2) is 5.45. The Labute approximate surface area is 134 Å². The van der Waals surface area contributed by atoms with Gasteiger partial charge in [0.15, 0.2) is 0 Å². The van der Waals surface area contributed by atoms with Crippen LogP contribution in [-0.4, -0.2) is 16.0 Å². The van der Waals surface area contributed by atoms with Gasteiger partial charge in [-0.15, -0.1) is 22.7 Å². The van der Waals surface area contributed by atoms with Crippen LogP contribution in [0.4, 0.5) is 0 Å². The molecule has 0 radical (unpaired) electrons. The van der Waals surface area contributed by atoms with E-state index in [0.717, 1.165) is 16.4 Å². The maximum Gasteiger partial charge on any atom is 0.116 e. The van der Waals surface area contributed by atoms with Crippen LogP contribution in [0.5, 0.6) is 0 Å². The van der Waals surface area contributed by atoms with Crippen LogP contribution in [0.3, 0.4) is 0 Å². The third-order valence-electron chi connectivity index (χ3n) is 3.73. The van der Waals surface area contributed by atoms with Crippen LogP contribution < -0.4 is 5.32 Å².